The summed E-state index contributed by atoms with van der Waals surface area (Å²) >= 11 is 0. The third-order valence-electron chi connectivity index (χ3n) is 3.52. The highest BCUT2D eigenvalue weighted by Crippen LogP contribution is 2.29. The van der Waals surface area contributed by atoms with Crippen molar-refractivity contribution in [1.29, 1.82) is 0 Å². The first-order chi connectivity index (χ1) is 6.24. The molecule has 0 bridgehead atoms. The molecule has 13 heavy (non-hydrogen) atoms. The lowest BCUT2D eigenvalue weighted by Gasteiger charge is -2.23. The molecule has 0 amide bonds. The van der Waals surface area contributed by atoms with E-state index in [2.05, 4.69) is 13.8 Å². The van der Waals surface area contributed by atoms with Crippen molar-refractivity contribution in [3.63, 3.8) is 0 Å². The zero-order valence-corrected chi connectivity index (χ0v) is 9.13. The average Bonchev–Trinajstić information content (AvgIpc) is 2.32. The Morgan fingerprint density at radius 3 is 2.62 bits per heavy atom. The van der Waals surface area contributed by atoms with Crippen LogP contribution >= 0.6 is 0 Å². The Morgan fingerprint density at radius 2 is 1.92 bits per heavy atom. The van der Waals surface area contributed by atoms with Gasteiger partial charge in [-0.25, -0.2) is 0 Å². The van der Waals surface area contributed by atoms with E-state index >= 15 is 0 Å². The lowest BCUT2D eigenvalue weighted by molar-refractivity contribution is 0.0868. The summed E-state index contributed by atoms with van der Waals surface area (Å²) in [7, 11) is 0. The smallest absolute Gasteiger partial charge is 0.0568 e. The zero-order valence-electron chi connectivity index (χ0n) is 9.13. The van der Waals surface area contributed by atoms with Crippen LogP contribution in [0.2, 0.25) is 0 Å². The van der Waals surface area contributed by atoms with Crippen LogP contribution in [0.25, 0.3) is 0 Å². The molecule has 0 aromatic carbocycles. The van der Waals surface area contributed by atoms with Crippen LogP contribution in [0.1, 0.15) is 58.8 Å². The van der Waals surface area contributed by atoms with Crippen molar-refractivity contribution < 1.29 is 5.11 Å². The van der Waals surface area contributed by atoms with E-state index in [1.807, 2.05) is 0 Å². The summed E-state index contributed by atoms with van der Waals surface area (Å²) < 4.78 is 0. The minimum atomic E-state index is -0.00324. The van der Waals surface area contributed by atoms with Crippen molar-refractivity contribution in [1.82, 2.24) is 0 Å². The number of hydrogen-bond acceptors (Lipinski definition) is 1. The van der Waals surface area contributed by atoms with Gasteiger partial charge in [0.2, 0.25) is 0 Å². The molecule has 1 aliphatic carbocycles. The summed E-state index contributed by atoms with van der Waals surface area (Å²) in [4.78, 5) is 0. The second-order valence-corrected chi connectivity index (χ2v) is 4.71. The molecule has 78 valence electrons. The van der Waals surface area contributed by atoms with E-state index in [0.717, 1.165) is 12.3 Å². The van der Waals surface area contributed by atoms with Gasteiger partial charge in [-0.2, -0.15) is 0 Å². The predicted octanol–water partition coefficient (Wildman–Crippen LogP) is 3.36. The third-order valence-corrected chi connectivity index (χ3v) is 3.52. The maximum absolute atomic E-state index is 9.89. The Balaban J connectivity index is 2.35. The SMILES string of the molecule is CCC(C)CC1CCCCCC1O. The molecule has 3 atom stereocenters. The molecule has 1 N–H and O–H groups in total. The fourth-order valence-electron chi connectivity index (χ4n) is 2.32. The summed E-state index contributed by atoms with van der Waals surface area (Å²) in [6.45, 7) is 4.55. The van der Waals surface area contributed by atoms with Gasteiger partial charge in [-0.15, -0.1) is 0 Å². The van der Waals surface area contributed by atoms with Crippen LogP contribution in [0.4, 0.5) is 0 Å². The molecular formula is C12H24O. The second kappa shape index (κ2) is 5.64. The highest BCUT2D eigenvalue weighted by molar-refractivity contribution is 4.74. The van der Waals surface area contributed by atoms with Gasteiger partial charge in [0.05, 0.1) is 6.10 Å². The molecular weight excluding hydrogens is 160 g/mol. The van der Waals surface area contributed by atoms with Crippen LogP contribution < -0.4 is 0 Å². The fraction of sp³-hybridized carbons (Fsp3) is 1.00. The van der Waals surface area contributed by atoms with E-state index < -0.39 is 0 Å². The van der Waals surface area contributed by atoms with Gasteiger partial charge in [0.15, 0.2) is 0 Å². The zero-order chi connectivity index (χ0) is 9.68. The lowest BCUT2D eigenvalue weighted by atomic mass is 9.87. The Hall–Kier alpha value is -0.0400. The van der Waals surface area contributed by atoms with Crippen molar-refractivity contribution in [2.75, 3.05) is 0 Å². The topological polar surface area (TPSA) is 20.2 Å². The fourth-order valence-corrected chi connectivity index (χ4v) is 2.32. The second-order valence-electron chi connectivity index (χ2n) is 4.71. The van der Waals surface area contributed by atoms with Crippen LogP contribution in [0.3, 0.4) is 0 Å². The van der Waals surface area contributed by atoms with Crippen molar-refractivity contribution in [2.45, 2.75) is 64.9 Å². The van der Waals surface area contributed by atoms with E-state index in [4.69, 9.17) is 0 Å². The number of hydrogen-bond donors (Lipinski definition) is 1. The molecule has 0 heterocycles. The Morgan fingerprint density at radius 1 is 1.23 bits per heavy atom. The normalized spacial score (nSPS) is 32.5. The third kappa shape index (κ3) is 3.68. The summed E-state index contributed by atoms with van der Waals surface area (Å²) in [5, 5.41) is 9.89. The minimum absolute atomic E-state index is 0.00324. The molecule has 0 saturated heterocycles. The highest BCUT2D eigenvalue weighted by atomic mass is 16.3. The summed E-state index contributed by atoms with van der Waals surface area (Å²) in [5.74, 6) is 1.38. The molecule has 3 unspecified atom stereocenters. The quantitative estimate of drug-likeness (QED) is 0.667. The molecule has 0 spiro atoms. The molecule has 1 heteroatoms. The maximum Gasteiger partial charge on any atom is 0.0568 e. The van der Waals surface area contributed by atoms with E-state index in [-0.39, 0.29) is 6.10 Å². The van der Waals surface area contributed by atoms with Crippen molar-refractivity contribution in [2.24, 2.45) is 11.8 Å². The summed E-state index contributed by atoms with van der Waals surface area (Å²) in [5.41, 5.74) is 0. The number of aliphatic hydroxyl groups excluding tert-OH is 1. The van der Waals surface area contributed by atoms with E-state index in [0.29, 0.717) is 5.92 Å². The Kier molecular flexibility index (Phi) is 4.79. The molecule has 0 aliphatic heterocycles. The number of aliphatic hydroxyl groups is 1. The molecule has 1 saturated carbocycles. The predicted molar refractivity (Wildman–Crippen MR) is 56.7 cm³/mol. The van der Waals surface area contributed by atoms with Gasteiger partial charge in [0, 0.05) is 0 Å². The van der Waals surface area contributed by atoms with Gasteiger partial charge in [-0.1, -0.05) is 39.5 Å². The van der Waals surface area contributed by atoms with Crippen LogP contribution in [-0.4, -0.2) is 11.2 Å². The lowest BCUT2D eigenvalue weighted by Crippen LogP contribution is -2.20. The van der Waals surface area contributed by atoms with Gasteiger partial charge >= 0.3 is 0 Å². The van der Waals surface area contributed by atoms with E-state index in [9.17, 15) is 5.11 Å². The molecule has 1 nitrogen and oxygen atoms in total. The first-order valence-corrected chi connectivity index (χ1v) is 5.92. The minimum Gasteiger partial charge on any atom is -0.393 e. The van der Waals surface area contributed by atoms with E-state index in [1.165, 1.54) is 38.5 Å². The molecule has 0 aromatic heterocycles. The van der Waals surface area contributed by atoms with Crippen molar-refractivity contribution in [3.8, 4) is 0 Å². The Bertz CT molecular complexity index is 133. The molecule has 0 radical (unpaired) electrons. The van der Waals surface area contributed by atoms with Crippen molar-refractivity contribution in [3.05, 3.63) is 0 Å². The first kappa shape index (κ1) is 11.0. The van der Waals surface area contributed by atoms with Gasteiger partial charge < -0.3 is 5.11 Å². The largest absolute Gasteiger partial charge is 0.393 e. The van der Waals surface area contributed by atoms with Crippen LogP contribution in [0.15, 0.2) is 0 Å². The van der Waals surface area contributed by atoms with Crippen molar-refractivity contribution >= 4 is 0 Å². The molecule has 1 rings (SSSR count). The van der Waals surface area contributed by atoms with Gasteiger partial charge in [-0.05, 0) is 31.1 Å². The average molecular weight is 184 g/mol. The molecule has 0 aromatic rings. The van der Waals surface area contributed by atoms with E-state index in [1.54, 1.807) is 0 Å². The highest BCUT2D eigenvalue weighted by Gasteiger charge is 2.22. The Labute approximate surface area is 82.5 Å². The van der Waals surface area contributed by atoms with Crippen LogP contribution in [0.5, 0.6) is 0 Å². The standard InChI is InChI=1S/C12H24O/c1-3-10(2)9-11-7-5-4-6-8-12(11)13/h10-13H,3-9H2,1-2H3. The van der Waals surface area contributed by atoms with Gasteiger partial charge in [0.25, 0.3) is 0 Å². The monoisotopic (exact) mass is 184 g/mol. The van der Waals surface area contributed by atoms with Crippen LogP contribution in [0, 0.1) is 11.8 Å². The molecule has 1 fully saturated rings. The summed E-state index contributed by atoms with van der Waals surface area (Å²) in [6, 6.07) is 0. The summed E-state index contributed by atoms with van der Waals surface area (Å²) in [6.07, 6.45) is 8.68. The first-order valence-electron chi connectivity index (χ1n) is 5.92. The van der Waals surface area contributed by atoms with Crippen LogP contribution in [-0.2, 0) is 0 Å². The number of rotatable bonds is 3. The maximum atomic E-state index is 9.89. The molecule has 1 aliphatic rings. The van der Waals surface area contributed by atoms with Gasteiger partial charge in [0.1, 0.15) is 0 Å². The van der Waals surface area contributed by atoms with Gasteiger partial charge in [-0.3, -0.25) is 0 Å².